The van der Waals surface area contributed by atoms with Crippen LogP contribution >= 0.6 is 0 Å². The minimum atomic E-state index is 1.21. The number of benzene rings is 1. The van der Waals surface area contributed by atoms with Crippen molar-refractivity contribution in [1.82, 2.24) is 0 Å². The van der Waals surface area contributed by atoms with E-state index in [0.717, 1.165) is 0 Å². The molecule has 0 N–H and O–H groups in total. The van der Waals surface area contributed by atoms with E-state index >= 15 is 0 Å². The molecule has 3 aliphatic carbocycles. The fraction of sp³-hybridized carbons (Fsp3) is 0.333. The number of hydrogen-bond acceptors (Lipinski definition) is 0. The largest absolute Gasteiger partial charge is 0.0836 e. The van der Waals surface area contributed by atoms with Crippen LogP contribution in [0.3, 0.4) is 0 Å². The molecule has 0 fully saturated rings. The van der Waals surface area contributed by atoms with Crippen LogP contribution in [-0.2, 0) is 12.8 Å². The van der Waals surface area contributed by atoms with E-state index in [0.29, 0.717) is 0 Å². The van der Waals surface area contributed by atoms with Crippen LogP contribution in [0.2, 0.25) is 0 Å². The van der Waals surface area contributed by atoms with Crippen LogP contribution in [0.4, 0.5) is 0 Å². The van der Waals surface area contributed by atoms with E-state index in [2.05, 4.69) is 36.4 Å². The van der Waals surface area contributed by atoms with Gasteiger partial charge in [0.05, 0.1) is 0 Å². The molecular weight excluding hydrogens is 216 g/mol. The summed E-state index contributed by atoms with van der Waals surface area (Å²) in [5.41, 5.74) is 9.42. The molecule has 1 aromatic carbocycles. The van der Waals surface area contributed by atoms with Gasteiger partial charge in [-0.05, 0) is 66.4 Å². The molecule has 0 spiro atoms. The van der Waals surface area contributed by atoms with Gasteiger partial charge in [-0.2, -0.15) is 0 Å². The Morgan fingerprint density at radius 2 is 1.67 bits per heavy atom. The minimum absolute atomic E-state index is 1.21. The zero-order valence-electron chi connectivity index (χ0n) is 10.7. The maximum atomic E-state index is 2.37. The maximum absolute atomic E-state index is 2.37. The molecule has 90 valence electrons. The van der Waals surface area contributed by atoms with Crippen LogP contribution in [0.25, 0.3) is 11.6 Å². The van der Waals surface area contributed by atoms with Crippen molar-refractivity contribution in [2.75, 3.05) is 0 Å². The van der Waals surface area contributed by atoms with Gasteiger partial charge in [0.1, 0.15) is 0 Å². The van der Waals surface area contributed by atoms with Crippen molar-refractivity contribution in [3.63, 3.8) is 0 Å². The predicted octanol–water partition coefficient (Wildman–Crippen LogP) is 4.70. The molecule has 0 heterocycles. The number of rotatable bonds is 0. The first-order valence-electron chi connectivity index (χ1n) is 7.14. The van der Waals surface area contributed by atoms with Gasteiger partial charge in [-0.25, -0.2) is 0 Å². The molecule has 0 radical (unpaired) electrons. The van der Waals surface area contributed by atoms with Crippen molar-refractivity contribution in [2.24, 2.45) is 0 Å². The second-order valence-corrected chi connectivity index (χ2v) is 5.56. The number of hydrogen-bond donors (Lipinski definition) is 0. The second-order valence-electron chi connectivity index (χ2n) is 5.56. The van der Waals surface area contributed by atoms with Crippen molar-refractivity contribution < 1.29 is 0 Å². The Morgan fingerprint density at radius 1 is 0.778 bits per heavy atom. The smallest absolute Gasteiger partial charge is 0.0146 e. The highest BCUT2D eigenvalue weighted by Gasteiger charge is 2.22. The average Bonchev–Trinajstić information content (AvgIpc) is 2.46. The van der Waals surface area contributed by atoms with Gasteiger partial charge in [0.25, 0.3) is 0 Å². The SMILES string of the molecule is C1=CC2=C(CC1)CCc1c2ccc2c1C=CCC2. The number of allylic oxidation sites excluding steroid dienone is 5. The third-order valence-corrected chi connectivity index (χ3v) is 4.56. The van der Waals surface area contributed by atoms with Crippen LogP contribution < -0.4 is 0 Å². The van der Waals surface area contributed by atoms with Gasteiger partial charge in [0.15, 0.2) is 0 Å². The lowest BCUT2D eigenvalue weighted by atomic mass is 9.77. The van der Waals surface area contributed by atoms with Gasteiger partial charge in [-0.1, -0.05) is 42.0 Å². The maximum Gasteiger partial charge on any atom is -0.0146 e. The first kappa shape index (κ1) is 10.4. The molecule has 0 aliphatic heterocycles. The summed E-state index contributed by atoms with van der Waals surface area (Å²) < 4.78 is 0. The molecule has 0 atom stereocenters. The van der Waals surface area contributed by atoms with Crippen LogP contribution in [-0.4, -0.2) is 0 Å². The molecule has 4 rings (SSSR count). The first-order valence-corrected chi connectivity index (χ1v) is 7.14. The Balaban J connectivity index is 1.94. The lowest BCUT2D eigenvalue weighted by Gasteiger charge is -2.27. The predicted molar refractivity (Wildman–Crippen MR) is 77.4 cm³/mol. The number of fused-ring (bicyclic) bond motifs is 4. The summed E-state index contributed by atoms with van der Waals surface area (Å²) in [5, 5.41) is 0. The first-order chi connectivity index (χ1) is 8.93. The third kappa shape index (κ3) is 1.45. The Kier molecular flexibility index (Phi) is 2.29. The molecule has 0 unspecified atom stereocenters. The van der Waals surface area contributed by atoms with Crippen LogP contribution in [0.5, 0.6) is 0 Å². The summed E-state index contributed by atoms with van der Waals surface area (Å²) in [6.45, 7) is 0. The molecule has 18 heavy (non-hydrogen) atoms. The quantitative estimate of drug-likeness (QED) is 0.610. The van der Waals surface area contributed by atoms with Gasteiger partial charge >= 0.3 is 0 Å². The standard InChI is InChI=1S/C18H18/c1-3-7-15-13(5-1)9-11-18-16-8-4-2-6-14(16)10-12-17(15)18/h3-4,7-9,11H,1-2,5-6,10,12H2. The molecule has 0 aromatic heterocycles. The molecule has 0 saturated carbocycles. The molecule has 0 saturated heterocycles. The van der Waals surface area contributed by atoms with Crippen LogP contribution in [0.1, 0.15) is 47.9 Å². The van der Waals surface area contributed by atoms with Gasteiger partial charge in [0, 0.05) is 0 Å². The highest BCUT2D eigenvalue weighted by Crippen LogP contribution is 2.40. The van der Waals surface area contributed by atoms with Crippen molar-refractivity contribution in [2.45, 2.75) is 38.5 Å². The fourth-order valence-electron chi connectivity index (χ4n) is 3.63. The zero-order valence-corrected chi connectivity index (χ0v) is 10.7. The van der Waals surface area contributed by atoms with Gasteiger partial charge < -0.3 is 0 Å². The molecule has 0 heteroatoms. The zero-order chi connectivity index (χ0) is 11.9. The Labute approximate surface area is 109 Å². The fourth-order valence-corrected chi connectivity index (χ4v) is 3.63. The number of aryl methyl sites for hydroxylation is 1. The Morgan fingerprint density at radius 3 is 2.67 bits per heavy atom. The van der Waals surface area contributed by atoms with Gasteiger partial charge in [-0.15, -0.1) is 0 Å². The average molecular weight is 234 g/mol. The van der Waals surface area contributed by atoms with Crippen molar-refractivity contribution >= 4 is 11.6 Å². The lowest BCUT2D eigenvalue weighted by molar-refractivity contribution is 0.821. The van der Waals surface area contributed by atoms with Crippen molar-refractivity contribution in [3.05, 3.63) is 58.2 Å². The summed E-state index contributed by atoms with van der Waals surface area (Å²) in [5.74, 6) is 0. The van der Waals surface area contributed by atoms with Crippen LogP contribution in [0, 0.1) is 0 Å². The molecule has 0 nitrogen and oxygen atoms in total. The van der Waals surface area contributed by atoms with Crippen LogP contribution in [0.15, 0.2) is 35.9 Å². The molecule has 1 aromatic rings. The summed E-state index contributed by atoms with van der Waals surface area (Å²) in [6, 6.07) is 4.73. The normalized spacial score (nSPS) is 20.4. The van der Waals surface area contributed by atoms with Gasteiger partial charge in [0.2, 0.25) is 0 Å². The van der Waals surface area contributed by atoms with E-state index in [1.807, 2.05) is 0 Å². The topological polar surface area (TPSA) is 0 Å². The molecule has 0 bridgehead atoms. The summed E-state index contributed by atoms with van der Waals surface area (Å²) >= 11 is 0. The van der Waals surface area contributed by atoms with E-state index in [-0.39, 0.29) is 0 Å². The molecule has 3 aliphatic rings. The summed E-state index contributed by atoms with van der Waals surface area (Å²) in [6.07, 6.45) is 16.8. The molecule has 0 amide bonds. The second kappa shape index (κ2) is 3.98. The van der Waals surface area contributed by atoms with Crippen molar-refractivity contribution in [3.8, 4) is 0 Å². The Bertz CT molecular complexity index is 597. The summed E-state index contributed by atoms with van der Waals surface area (Å²) in [4.78, 5) is 0. The van der Waals surface area contributed by atoms with E-state index < -0.39 is 0 Å². The molecular formula is C18H18. The highest BCUT2D eigenvalue weighted by atomic mass is 14.3. The summed E-state index contributed by atoms with van der Waals surface area (Å²) in [7, 11) is 0. The van der Waals surface area contributed by atoms with E-state index in [9.17, 15) is 0 Å². The minimum Gasteiger partial charge on any atom is -0.0836 e. The third-order valence-electron chi connectivity index (χ3n) is 4.56. The van der Waals surface area contributed by atoms with Crippen molar-refractivity contribution in [1.29, 1.82) is 0 Å². The lowest BCUT2D eigenvalue weighted by Crippen LogP contribution is -2.10. The Hall–Kier alpha value is -1.56. The monoisotopic (exact) mass is 234 g/mol. The van der Waals surface area contributed by atoms with E-state index in [1.54, 1.807) is 16.7 Å². The van der Waals surface area contributed by atoms with Gasteiger partial charge in [-0.3, -0.25) is 0 Å². The highest BCUT2D eigenvalue weighted by molar-refractivity contribution is 5.83. The van der Waals surface area contributed by atoms with E-state index in [4.69, 9.17) is 0 Å². The van der Waals surface area contributed by atoms with E-state index in [1.165, 1.54) is 55.2 Å².